The van der Waals surface area contributed by atoms with E-state index in [0.29, 0.717) is 19.4 Å². The van der Waals surface area contributed by atoms with Crippen molar-refractivity contribution in [3.8, 4) is 0 Å². The van der Waals surface area contributed by atoms with Crippen LogP contribution in [0.4, 0.5) is 23.7 Å². The van der Waals surface area contributed by atoms with Crippen molar-refractivity contribution in [2.45, 2.75) is 19.0 Å². The fourth-order valence-electron chi connectivity index (χ4n) is 2.42. The van der Waals surface area contributed by atoms with Gasteiger partial charge in [-0.15, -0.1) is 0 Å². The maximum absolute atomic E-state index is 13.0. The van der Waals surface area contributed by atoms with Gasteiger partial charge < -0.3 is 15.3 Å². The first kappa shape index (κ1) is 17.6. The second-order valence-corrected chi connectivity index (χ2v) is 6.16. The summed E-state index contributed by atoms with van der Waals surface area (Å²) in [5, 5.41) is 11.2. The Morgan fingerprint density at radius 3 is 2.65 bits per heavy atom. The predicted octanol–water partition coefficient (Wildman–Crippen LogP) is 3.80. The largest absolute Gasteiger partial charge is 0.481 e. The van der Waals surface area contributed by atoms with E-state index in [-0.39, 0.29) is 16.7 Å². The molecule has 0 aliphatic carbocycles. The Balaban J connectivity index is 2.16. The molecule has 1 aromatic rings. The van der Waals surface area contributed by atoms with Crippen molar-refractivity contribution in [1.82, 2.24) is 4.90 Å². The second-order valence-electron chi connectivity index (χ2n) is 5.24. The quantitative estimate of drug-likeness (QED) is 0.801. The van der Waals surface area contributed by atoms with Gasteiger partial charge in [-0.05, 0) is 31.0 Å². The Morgan fingerprint density at radius 1 is 1.35 bits per heavy atom. The van der Waals surface area contributed by atoms with E-state index in [1.54, 1.807) is 0 Å². The van der Waals surface area contributed by atoms with Gasteiger partial charge in [-0.3, -0.25) is 4.79 Å². The monoisotopic (exact) mass is 394 g/mol. The smallest absolute Gasteiger partial charge is 0.418 e. The summed E-state index contributed by atoms with van der Waals surface area (Å²) >= 11 is 2.97. The summed E-state index contributed by atoms with van der Waals surface area (Å²) < 4.78 is 39.3. The minimum atomic E-state index is -4.61. The number of carboxylic acid groups (broad SMARTS) is 1. The van der Waals surface area contributed by atoms with Gasteiger partial charge in [-0.25, -0.2) is 4.79 Å². The molecule has 0 radical (unpaired) electrons. The van der Waals surface area contributed by atoms with E-state index in [4.69, 9.17) is 5.11 Å². The van der Waals surface area contributed by atoms with Crippen LogP contribution in [-0.4, -0.2) is 35.1 Å². The van der Waals surface area contributed by atoms with Gasteiger partial charge in [0, 0.05) is 17.6 Å². The summed E-state index contributed by atoms with van der Waals surface area (Å²) in [6.45, 7) is 0.298. The van der Waals surface area contributed by atoms with Crippen molar-refractivity contribution in [1.29, 1.82) is 0 Å². The molecular formula is C14H14BrF3N2O3. The van der Waals surface area contributed by atoms with Gasteiger partial charge in [0.25, 0.3) is 0 Å². The third-order valence-corrected chi connectivity index (χ3v) is 4.08. The molecule has 2 amide bonds. The molecule has 2 rings (SSSR count). The standard InChI is InChI=1S/C14H14BrF3N2O3/c15-9-3-4-11(10(6-9)14(16,17)18)19-13(23)20-5-1-2-8(7-20)12(21)22/h3-4,6,8H,1-2,5,7H2,(H,19,23)(H,21,22). The van der Waals surface area contributed by atoms with Crippen LogP contribution in [0.15, 0.2) is 22.7 Å². The molecule has 2 N–H and O–H groups in total. The highest BCUT2D eigenvalue weighted by molar-refractivity contribution is 9.10. The van der Waals surface area contributed by atoms with Gasteiger partial charge in [-0.1, -0.05) is 15.9 Å². The van der Waals surface area contributed by atoms with E-state index in [1.165, 1.54) is 11.0 Å². The molecule has 1 saturated heterocycles. The zero-order valence-electron chi connectivity index (χ0n) is 11.9. The minimum absolute atomic E-state index is 0.0148. The van der Waals surface area contributed by atoms with E-state index in [0.717, 1.165) is 12.1 Å². The van der Waals surface area contributed by atoms with Crippen LogP contribution < -0.4 is 5.32 Å². The minimum Gasteiger partial charge on any atom is -0.481 e. The highest BCUT2D eigenvalue weighted by Crippen LogP contribution is 2.36. The van der Waals surface area contributed by atoms with Gasteiger partial charge in [0.1, 0.15) is 0 Å². The number of carbonyl (C=O) groups is 2. The zero-order valence-corrected chi connectivity index (χ0v) is 13.4. The molecule has 5 nitrogen and oxygen atoms in total. The number of amides is 2. The molecule has 1 aliphatic rings. The highest BCUT2D eigenvalue weighted by Gasteiger charge is 2.35. The molecule has 0 saturated carbocycles. The van der Waals surface area contributed by atoms with Crippen LogP contribution in [0, 0.1) is 5.92 Å². The normalized spacial score (nSPS) is 18.6. The summed E-state index contributed by atoms with van der Waals surface area (Å²) in [5.74, 6) is -1.70. The summed E-state index contributed by atoms with van der Waals surface area (Å²) in [6.07, 6.45) is -3.67. The first-order valence-corrected chi connectivity index (χ1v) is 7.63. The number of benzene rings is 1. The Labute approximate surface area is 138 Å². The number of hydrogen-bond donors (Lipinski definition) is 2. The summed E-state index contributed by atoms with van der Waals surface area (Å²) in [7, 11) is 0. The average Bonchev–Trinajstić information content (AvgIpc) is 2.48. The number of carboxylic acids is 1. The molecule has 126 valence electrons. The predicted molar refractivity (Wildman–Crippen MR) is 80.1 cm³/mol. The number of piperidine rings is 1. The van der Waals surface area contributed by atoms with Crippen LogP contribution in [0.1, 0.15) is 18.4 Å². The van der Waals surface area contributed by atoms with E-state index >= 15 is 0 Å². The molecular weight excluding hydrogens is 381 g/mol. The molecule has 0 bridgehead atoms. The Bertz CT molecular complexity index is 622. The van der Waals surface area contributed by atoms with Crippen molar-refractivity contribution >= 4 is 33.6 Å². The number of nitrogens with one attached hydrogen (secondary N) is 1. The maximum Gasteiger partial charge on any atom is 0.418 e. The number of urea groups is 1. The van der Waals surface area contributed by atoms with Gasteiger partial charge in [-0.2, -0.15) is 13.2 Å². The lowest BCUT2D eigenvalue weighted by Crippen LogP contribution is -2.44. The van der Waals surface area contributed by atoms with Crippen LogP contribution >= 0.6 is 15.9 Å². The second kappa shape index (κ2) is 6.77. The summed E-state index contributed by atoms with van der Waals surface area (Å²) in [5.41, 5.74) is -1.32. The molecule has 1 unspecified atom stereocenters. The van der Waals surface area contributed by atoms with Crippen LogP contribution in [0.5, 0.6) is 0 Å². The summed E-state index contributed by atoms with van der Waals surface area (Å²) in [4.78, 5) is 24.4. The number of aliphatic carboxylic acids is 1. The molecule has 1 aromatic carbocycles. The van der Waals surface area contributed by atoms with Gasteiger partial charge >= 0.3 is 18.2 Å². The highest BCUT2D eigenvalue weighted by atomic mass is 79.9. The van der Waals surface area contributed by atoms with Crippen molar-refractivity contribution in [2.24, 2.45) is 5.92 Å². The fraction of sp³-hybridized carbons (Fsp3) is 0.429. The van der Waals surface area contributed by atoms with Crippen LogP contribution in [-0.2, 0) is 11.0 Å². The Hall–Kier alpha value is -1.77. The molecule has 1 aliphatic heterocycles. The van der Waals surface area contributed by atoms with Crippen molar-refractivity contribution in [3.63, 3.8) is 0 Å². The first-order valence-electron chi connectivity index (χ1n) is 6.84. The lowest BCUT2D eigenvalue weighted by molar-refractivity contribution is -0.143. The van der Waals surface area contributed by atoms with Gasteiger partial charge in [0.15, 0.2) is 0 Å². The molecule has 9 heteroatoms. The van der Waals surface area contributed by atoms with E-state index in [9.17, 15) is 22.8 Å². The lowest BCUT2D eigenvalue weighted by atomic mass is 9.99. The number of likely N-dealkylation sites (tertiary alicyclic amines) is 1. The number of anilines is 1. The number of nitrogens with zero attached hydrogens (tertiary/aromatic N) is 1. The summed E-state index contributed by atoms with van der Waals surface area (Å²) in [6, 6.07) is 2.69. The maximum atomic E-state index is 13.0. The molecule has 1 atom stereocenters. The Kier molecular flexibility index (Phi) is 5.18. The number of carbonyl (C=O) groups excluding carboxylic acids is 1. The van der Waals surface area contributed by atoms with Crippen LogP contribution in [0.3, 0.4) is 0 Å². The molecule has 0 spiro atoms. The zero-order chi connectivity index (χ0) is 17.2. The Morgan fingerprint density at radius 2 is 2.04 bits per heavy atom. The molecule has 1 heterocycles. The lowest BCUT2D eigenvalue weighted by Gasteiger charge is -2.31. The average molecular weight is 395 g/mol. The van der Waals surface area contributed by atoms with Crippen LogP contribution in [0.2, 0.25) is 0 Å². The third kappa shape index (κ3) is 4.37. The van der Waals surface area contributed by atoms with E-state index < -0.39 is 29.7 Å². The fourth-order valence-corrected chi connectivity index (χ4v) is 2.78. The number of rotatable bonds is 2. The number of alkyl halides is 3. The van der Waals surface area contributed by atoms with Crippen molar-refractivity contribution in [2.75, 3.05) is 18.4 Å². The SMILES string of the molecule is O=C(O)C1CCCN(C(=O)Nc2ccc(Br)cc2C(F)(F)F)C1. The van der Waals surface area contributed by atoms with E-state index in [2.05, 4.69) is 21.2 Å². The van der Waals surface area contributed by atoms with Gasteiger partial charge in [0.2, 0.25) is 0 Å². The molecule has 1 fully saturated rings. The van der Waals surface area contributed by atoms with E-state index in [1.807, 2.05) is 0 Å². The first-order chi connectivity index (χ1) is 10.7. The van der Waals surface area contributed by atoms with Crippen LogP contribution in [0.25, 0.3) is 0 Å². The number of halogens is 4. The topological polar surface area (TPSA) is 69.6 Å². The van der Waals surface area contributed by atoms with Crippen molar-refractivity contribution < 1.29 is 27.9 Å². The third-order valence-electron chi connectivity index (χ3n) is 3.59. The number of hydrogen-bond acceptors (Lipinski definition) is 2. The van der Waals surface area contributed by atoms with Gasteiger partial charge in [0.05, 0.1) is 17.2 Å². The molecule has 23 heavy (non-hydrogen) atoms. The molecule has 0 aromatic heterocycles. The van der Waals surface area contributed by atoms with Crippen molar-refractivity contribution in [3.05, 3.63) is 28.2 Å².